The molecule has 5 rings (SSSR count). The monoisotopic (exact) mass is 402 g/mol. The average Bonchev–Trinajstić information content (AvgIpc) is 3.41. The normalized spacial score (nSPS) is 13.9. The van der Waals surface area contributed by atoms with Gasteiger partial charge in [-0.15, -0.1) is 0 Å². The van der Waals surface area contributed by atoms with Gasteiger partial charge in [-0.1, -0.05) is 24.6 Å². The van der Waals surface area contributed by atoms with Crippen molar-refractivity contribution < 1.29 is 4.74 Å². The highest BCUT2D eigenvalue weighted by Crippen LogP contribution is 2.28. The van der Waals surface area contributed by atoms with Crippen LogP contribution in [0, 0.1) is 5.92 Å². The number of aromatic nitrogens is 6. The van der Waals surface area contributed by atoms with Gasteiger partial charge in [0.15, 0.2) is 11.4 Å². The van der Waals surface area contributed by atoms with E-state index in [9.17, 15) is 4.79 Å². The number of hydrogen-bond acceptors (Lipinski definition) is 5. The minimum absolute atomic E-state index is 0.215. The fourth-order valence-electron chi connectivity index (χ4n) is 3.68. The molecule has 152 valence electrons. The second kappa shape index (κ2) is 7.62. The van der Waals surface area contributed by atoms with E-state index in [1.807, 2.05) is 41.2 Å². The highest BCUT2D eigenvalue weighted by molar-refractivity contribution is 5.59. The third-order valence-corrected chi connectivity index (χ3v) is 5.55. The van der Waals surface area contributed by atoms with Gasteiger partial charge in [-0.25, -0.2) is 9.36 Å². The van der Waals surface area contributed by atoms with Gasteiger partial charge in [-0.05, 0) is 37.0 Å². The van der Waals surface area contributed by atoms with Crippen molar-refractivity contribution in [3.05, 3.63) is 71.4 Å². The standard InChI is InChI=1S/C22H22N6O2/c1-30-20-15-27(18-12-24-26(14-18)13-16-6-5-7-16)25-21(22(20)29)19-10-11-23-28(19)17-8-3-2-4-9-17/h2-4,8-12,14-16H,5-7,13H2,1H3. The summed E-state index contributed by atoms with van der Waals surface area (Å²) >= 11 is 0. The van der Waals surface area contributed by atoms with E-state index in [0.717, 1.165) is 17.9 Å². The first-order chi connectivity index (χ1) is 14.7. The first kappa shape index (κ1) is 18.4. The van der Waals surface area contributed by atoms with Gasteiger partial charge in [0.05, 0.1) is 43.3 Å². The van der Waals surface area contributed by atoms with Crippen molar-refractivity contribution in [3.63, 3.8) is 0 Å². The molecule has 8 nitrogen and oxygen atoms in total. The Kier molecular flexibility index (Phi) is 4.66. The Labute approximate surface area is 173 Å². The lowest BCUT2D eigenvalue weighted by molar-refractivity contribution is 0.266. The lowest BCUT2D eigenvalue weighted by Gasteiger charge is -2.24. The minimum Gasteiger partial charge on any atom is -0.491 e. The van der Waals surface area contributed by atoms with Crippen LogP contribution in [0.25, 0.3) is 22.8 Å². The van der Waals surface area contributed by atoms with Gasteiger partial charge in [-0.3, -0.25) is 9.48 Å². The molecule has 1 saturated carbocycles. The zero-order valence-corrected chi connectivity index (χ0v) is 16.7. The summed E-state index contributed by atoms with van der Waals surface area (Å²) in [4.78, 5) is 13.0. The smallest absolute Gasteiger partial charge is 0.251 e. The molecule has 8 heteroatoms. The summed E-state index contributed by atoms with van der Waals surface area (Å²) in [5.41, 5.74) is 2.21. The molecule has 0 radical (unpaired) electrons. The molecule has 4 aromatic rings. The molecule has 0 atom stereocenters. The number of para-hydroxylation sites is 1. The highest BCUT2D eigenvalue weighted by Gasteiger charge is 2.20. The number of ether oxygens (including phenoxy) is 1. The maximum atomic E-state index is 13.0. The molecule has 3 heterocycles. The van der Waals surface area contributed by atoms with E-state index in [1.54, 1.807) is 34.0 Å². The summed E-state index contributed by atoms with van der Waals surface area (Å²) in [6.45, 7) is 0.908. The second-order valence-corrected chi connectivity index (χ2v) is 7.50. The summed E-state index contributed by atoms with van der Waals surface area (Å²) in [7, 11) is 1.49. The lowest BCUT2D eigenvalue weighted by atomic mass is 9.85. The van der Waals surface area contributed by atoms with Gasteiger partial charge in [0.25, 0.3) is 5.43 Å². The molecular formula is C22H22N6O2. The van der Waals surface area contributed by atoms with Crippen LogP contribution in [0.15, 0.2) is 66.0 Å². The van der Waals surface area contributed by atoms with Gasteiger partial charge >= 0.3 is 0 Å². The molecule has 1 aliphatic rings. The van der Waals surface area contributed by atoms with E-state index >= 15 is 0 Å². The molecule has 0 saturated heterocycles. The number of hydrogen-bond donors (Lipinski definition) is 0. The summed E-state index contributed by atoms with van der Waals surface area (Å²) in [6.07, 6.45) is 10.8. The SMILES string of the molecule is COc1cn(-c2cnn(CC3CCC3)c2)nc(-c2ccnn2-c2ccccc2)c1=O. The Morgan fingerprint density at radius 3 is 2.63 bits per heavy atom. The van der Waals surface area contributed by atoms with E-state index < -0.39 is 0 Å². The van der Waals surface area contributed by atoms with E-state index in [2.05, 4.69) is 15.3 Å². The van der Waals surface area contributed by atoms with Crippen molar-refractivity contribution in [2.75, 3.05) is 7.11 Å². The average molecular weight is 402 g/mol. The van der Waals surface area contributed by atoms with E-state index in [0.29, 0.717) is 11.6 Å². The molecule has 0 spiro atoms. The maximum Gasteiger partial charge on any atom is 0.251 e. The third-order valence-electron chi connectivity index (χ3n) is 5.55. The van der Waals surface area contributed by atoms with Crippen molar-refractivity contribution in [2.45, 2.75) is 25.8 Å². The van der Waals surface area contributed by atoms with Gasteiger partial charge < -0.3 is 4.74 Å². The van der Waals surface area contributed by atoms with Crippen molar-refractivity contribution in [2.24, 2.45) is 5.92 Å². The molecule has 1 aromatic carbocycles. The maximum absolute atomic E-state index is 13.0. The first-order valence-electron chi connectivity index (χ1n) is 10.0. The van der Waals surface area contributed by atoms with Crippen LogP contribution < -0.4 is 10.2 Å². The van der Waals surface area contributed by atoms with E-state index in [4.69, 9.17) is 4.74 Å². The van der Waals surface area contributed by atoms with E-state index in [-0.39, 0.29) is 16.9 Å². The third kappa shape index (κ3) is 3.30. The molecule has 0 aliphatic heterocycles. The van der Waals surface area contributed by atoms with Crippen LogP contribution in [-0.4, -0.2) is 36.5 Å². The Morgan fingerprint density at radius 1 is 1.07 bits per heavy atom. The highest BCUT2D eigenvalue weighted by atomic mass is 16.5. The molecule has 0 N–H and O–H groups in total. The fourth-order valence-corrected chi connectivity index (χ4v) is 3.68. The van der Waals surface area contributed by atoms with Crippen molar-refractivity contribution in [3.8, 4) is 28.5 Å². The van der Waals surface area contributed by atoms with Crippen LogP contribution in [-0.2, 0) is 6.54 Å². The largest absolute Gasteiger partial charge is 0.491 e. The molecule has 3 aromatic heterocycles. The summed E-state index contributed by atoms with van der Waals surface area (Å²) < 4.78 is 10.6. The molecule has 1 aliphatic carbocycles. The van der Waals surface area contributed by atoms with Gasteiger partial charge in [-0.2, -0.15) is 15.3 Å². The molecule has 0 bridgehead atoms. The van der Waals surface area contributed by atoms with E-state index in [1.165, 1.54) is 26.4 Å². The van der Waals surface area contributed by atoms with Crippen molar-refractivity contribution in [1.29, 1.82) is 0 Å². The van der Waals surface area contributed by atoms with Crippen LogP contribution in [0.5, 0.6) is 5.75 Å². The van der Waals surface area contributed by atoms with Crippen LogP contribution in [0.2, 0.25) is 0 Å². The summed E-state index contributed by atoms with van der Waals surface area (Å²) in [5.74, 6) is 0.914. The Bertz CT molecular complexity index is 1220. The first-order valence-corrected chi connectivity index (χ1v) is 10.0. The summed E-state index contributed by atoms with van der Waals surface area (Å²) in [5, 5.41) is 13.5. The van der Waals surface area contributed by atoms with Crippen LogP contribution in [0.1, 0.15) is 19.3 Å². The van der Waals surface area contributed by atoms with Crippen molar-refractivity contribution in [1.82, 2.24) is 29.3 Å². The van der Waals surface area contributed by atoms with Gasteiger partial charge in [0, 0.05) is 6.54 Å². The predicted octanol–water partition coefficient (Wildman–Crippen LogP) is 3.09. The van der Waals surface area contributed by atoms with Gasteiger partial charge in [0.2, 0.25) is 0 Å². The van der Waals surface area contributed by atoms with Crippen LogP contribution in [0.3, 0.4) is 0 Å². The Morgan fingerprint density at radius 2 is 1.90 bits per heavy atom. The predicted molar refractivity (Wildman–Crippen MR) is 112 cm³/mol. The van der Waals surface area contributed by atoms with Crippen molar-refractivity contribution >= 4 is 0 Å². The molecule has 30 heavy (non-hydrogen) atoms. The second-order valence-electron chi connectivity index (χ2n) is 7.50. The minimum atomic E-state index is -0.284. The summed E-state index contributed by atoms with van der Waals surface area (Å²) in [6, 6.07) is 11.4. The van der Waals surface area contributed by atoms with Gasteiger partial charge in [0.1, 0.15) is 5.69 Å². The molecule has 1 fully saturated rings. The zero-order chi connectivity index (χ0) is 20.5. The number of benzene rings is 1. The number of methoxy groups -OCH3 is 1. The number of nitrogens with zero attached hydrogens (tertiary/aromatic N) is 6. The molecular weight excluding hydrogens is 380 g/mol. The Hall–Kier alpha value is -3.68. The number of rotatable bonds is 6. The molecule has 0 amide bonds. The zero-order valence-electron chi connectivity index (χ0n) is 16.7. The quantitative estimate of drug-likeness (QED) is 0.495. The topological polar surface area (TPSA) is 79.8 Å². The Balaban J connectivity index is 1.57. The van der Waals surface area contributed by atoms with Crippen LogP contribution in [0.4, 0.5) is 0 Å². The lowest BCUT2D eigenvalue weighted by Crippen LogP contribution is -2.18. The molecule has 0 unspecified atom stereocenters. The fraction of sp³-hybridized carbons (Fsp3) is 0.273. The van der Waals surface area contributed by atoms with Crippen LogP contribution >= 0.6 is 0 Å².